The lowest BCUT2D eigenvalue weighted by Crippen LogP contribution is -2.37. The number of aliphatic hydroxyl groups excluding tert-OH is 1. The van der Waals surface area contributed by atoms with E-state index in [4.69, 9.17) is 9.52 Å². The van der Waals surface area contributed by atoms with Crippen molar-refractivity contribution >= 4 is 6.03 Å². The average molecular weight is 294 g/mol. The Hall–Kier alpha value is -2.54. The lowest BCUT2D eigenvalue weighted by molar-refractivity contribution is 0.148. The molecule has 0 aliphatic heterocycles. The second-order valence-corrected chi connectivity index (χ2v) is 4.38. The van der Waals surface area contributed by atoms with Crippen LogP contribution in [0.15, 0.2) is 41.0 Å². The van der Waals surface area contributed by atoms with Crippen molar-refractivity contribution in [3.8, 4) is 5.75 Å². The Morgan fingerprint density at radius 3 is 2.81 bits per heavy atom. The molecule has 2 aromatic rings. The van der Waals surface area contributed by atoms with Gasteiger partial charge in [-0.1, -0.05) is 6.07 Å². The fourth-order valence-corrected chi connectivity index (χ4v) is 1.68. The molecule has 0 bridgehead atoms. The third-order valence-electron chi connectivity index (χ3n) is 2.79. The molecule has 112 valence electrons. The highest BCUT2D eigenvalue weighted by atomic mass is 19.1. The Balaban J connectivity index is 1.75. The third kappa shape index (κ3) is 4.22. The number of carbonyl (C=O) groups excluding carboxylic acids is 1. The summed E-state index contributed by atoms with van der Waals surface area (Å²) in [5.74, 6) is -0.830. The van der Waals surface area contributed by atoms with Crippen LogP contribution in [0.5, 0.6) is 5.75 Å². The van der Waals surface area contributed by atoms with Gasteiger partial charge in [-0.25, -0.2) is 9.18 Å². The summed E-state index contributed by atoms with van der Waals surface area (Å²) in [5, 5.41) is 23.7. The summed E-state index contributed by atoms with van der Waals surface area (Å²) in [6.45, 7) is 0.0865. The molecule has 6 nitrogen and oxygen atoms in total. The molecule has 0 aliphatic carbocycles. The molecular weight excluding hydrogens is 279 g/mol. The number of phenolic OH excluding ortho intramolecular Hbond substituents is 1. The fraction of sp³-hybridized carbons (Fsp3) is 0.214. The molecule has 1 atom stereocenters. The van der Waals surface area contributed by atoms with Crippen molar-refractivity contribution in [1.82, 2.24) is 10.6 Å². The molecule has 0 radical (unpaired) electrons. The second kappa shape index (κ2) is 6.76. The zero-order chi connectivity index (χ0) is 15.2. The van der Waals surface area contributed by atoms with Crippen LogP contribution >= 0.6 is 0 Å². The molecule has 0 saturated carbocycles. The maximum absolute atomic E-state index is 13.1. The number of hydrogen-bond acceptors (Lipinski definition) is 4. The van der Waals surface area contributed by atoms with Gasteiger partial charge in [-0.2, -0.15) is 0 Å². The molecule has 4 N–H and O–H groups in total. The van der Waals surface area contributed by atoms with Gasteiger partial charge in [-0.05, 0) is 29.8 Å². The first-order valence-corrected chi connectivity index (χ1v) is 6.27. The monoisotopic (exact) mass is 294 g/mol. The molecule has 1 aromatic heterocycles. The van der Waals surface area contributed by atoms with E-state index in [1.54, 1.807) is 12.1 Å². The highest BCUT2D eigenvalue weighted by Gasteiger charge is 2.11. The molecule has 0 spiro atoms. The van der Waals surface area contributed by atoms with Crippen molar-refractivity contribution in [2.24, 2.45) is 0 Å². The number of aliphatic hydroxyl groups is 1. The van der Waals surface area contributed by atoms with Crippen molar-refractivity contribution < 1.29 is 23.8 Å². The van der Waals surface area contributed by atoms with E-state index in [1.165, 1.54) is 18.4 Å². The van der Waals surface area contributed by atoms with Gasteiger partial charge in [0.1, 0.15) is 11.9 Å². The molecular formula is C14H15FN2O4. The standard InChI is InChI=1S/C14H15FN2O4/c15-10-6-9(3-4-11(10)18)7-16-14(20)17-8-12(19)13-2-1-5-21-13/h1-6,12,18-19H,7-8H2,(H2,16,17,20). The molecule has 1 unspecified atom stereocenters. The number of rotatable bonds is 5. The number of urea groups is 1. The Kier molecular flexibility index (Phi) is 4.78. The normalized spacial score (nSPS) is 11.9. The second-order valence-electron chi connectivity index (χ2n) is 4.38. The van der Waals surface area contributed by atoms with E-state index in [9.17, 15) is 14.3 Å². The van der Waals surface area contributed by atoms with Crippen LogP contribution in [0.25, 0.3) is 0 Å². The lowest BCUT2D eigenvalue weighted by atomic mass is 10.2. The number of carbonyl (C=O) groups is 1. The zero-order valence-corrected chi connectivity index (χ0v) is 11.0. The molecule has 21 heavy (non-hydrogen) atoms. The summed E-state index contributed by atoms with van der Waals surface area (Å²) in [4.78, 5) is 11.5. The highest BCUT2D eigenvalue weighted by molar-refractivity contribution is 5.73. The number of halogens is 1. The number of hydrogen-bond donors (Lipinski definition) is 4. The van der Waals surface area contributed by atoms with Crippen LogP contribution in [0.1, 0.15) is 17.4 Å². The number of amides is 2. The first-order chi connectivity index (χ1) is 10.1. The van der Waals surface area contributed by atoms with E-state index in [1.807, 2.05) is 0 Å². The molecule has 0 aliphatic rings. The summed E-state index contributed by atoms with van der Waals surface area (Å²) < 4.78 is 18.1. The van der Waals surface area contributed by atoms with Crippen molar-refractivity contribution in [3.05, 3.63) is 53.7 Å². The maximum Gasteiger partial charge on any atom is 0.315 e. The van der Waals surface area contributed by atoms with Gasteiger partial charge in [0.2, 0.25) is 0 Å². The largest absolute Gasteiger partial charge is 0.505 e. The third-order valence-corrected chi connectivity index (χ3v) is 2.79. The van der Waals surface area contributed by atoms with Gasteiger partial charge in [-0.15, -0.1) is 0 Å². The Labute approximate surface area is 120 Å². The van der Waals surface area contributed by atoms with Gasteiger partial charge in [0.25, 0.3) is 0 Å². The Bertz CT molecular complexity index is 601. The number of nitrogens with one attached hydrogen (secondary N) is 2. The van der Waals surface area contributed by atoms with Gasteiger partial charge in [0.05, 0.1) is 12.8 Å². The van der Waals surface area contributed by atoms with Gasteiger partial charge < -0.3 is 25.3 Å². The molecule has 2 amide bonds. The molecule has 0 fully saturated rings. The topological polar surface area (TPSA) is 94.7 Å². The van der Waals surface area contributed by atoms with E-state index < -0.39 is 23.7 Å². The summed E-state index contributed by atoms with van der Waals surface area (Å²) in [7, 11) is 0. The van der Waals surface area contributed by atoms with Crippen LogP contribution in [0.2, 0.25) is 0 Å². The van der Waals surface area contributed by atoms with Gasteiger partial charge in [0, 0.05) is 6.54 Å². The predicted molar refractivity (Wildman–Crippen MR) is 72.0 cm³/mol. The van der Waals surface area contributed by atoms with E-state index in [2.05, 4.69) is 10.6 Å². The van der Waals surface area contributed by atoms with Gasteiger partial charge >= 0.3 is 6.03 Å². The molecule has 2 rings (SSSR count). The fourth-order valence-electron chi connectivity index (χ4n) is 1.68. The van der Waals surface area contributed by atoms with E-state index in [0.29, 0.717) is 11.3 Å². The molecule has 0 saturated heterocycles. The van der Waals surface area contributed by atoms with Crippen LogP contribution in [-0.4, -0.2) is 22.8 Å². The minimum atomic E-state index is -0.933. The van der Waals surface area contributed by atoms with Crippen LogP contribution in [0.4, 0.5) is 9.18 Å². The minimum absolute atomic E-state index is 0.0106. The van der Waals surface area contributed by atoms with Crippen LogP contribution in [0, 0.1) is 5.82 Å². The number of aromatic hydroxyl groups is 1. The Morgan fingerprint density at radius 2 is 2.14 bits per heavy atom. The number of benzene rings is 1. The van der Waals surface area contributed by atoms with Crippen LogP contribution < -0.4 is 10.6 Å². The van der Waals surface area contributed by atoms with Gasteiger partial charge in [0.15, 0.2) is 11.6 Å². The number of furan rings is 1. The predicted octanol–water partition coefficient (Wildman–Crippen LogP) is 1.66. The first-order valence-electron chi connectivity index (χ1n) is 6.27. The van der Waals surface area contributed by atoms with Crippen LogP contribution in [0.3, 0.4) is 0 Å². The zero-order valence-electron chi connectivity index (χ0n) is 11.0. The van der Waals surface area contributed by atoms with Crippen molar-refractivity contribution in [1.29, 1.82) is 0 Å². The lowest BCUT2D eigenvalue weighted by Gasteiger charge is -2.11. The van der Waals surface area contributed by atoms with Crippen molar-refractivity contribution in [2.75, 3.05) is 6.54 Å². The smallest absolute Gasteiger partial charge is 0.315 e. The van der Waals surface area contributed by atoms with Crippen molar-refractivity contribution in [2.45, 2.75) is 12.6 Å². The molecule has 1 aromatic carbocycles. The van der Waals surface area contributed by atoms with E-state index in [0.717, 1.165) is 6.07 Å². The maximum atomic E-state index is 13.1. The summed E-state index contributed by atoms with van der Waals surface area (Å²) in [5.41, 5.74) is 0.507. The average Bonchev–Trinajstić information content (AvgIpc) is 3.00. The summed E-state index contributed by atoms with van der Waals surface area (Å²) in [6, 6.07) is 6.57. The summed E-state index contributed by atoms with van der Waals surface area (Å²) >= 11 is 0. The van der Waals surface area contributed by atoms with Crippen molar-refractivity contribution in [3.63, 3.8) is 0 Å². The SMILES string of the molecule is O=C(NCc1ccc(O)c(F)c1)NCC(O)c1ccco1. The molecule has 7 heteroatoms. The minimum Gasteiger partial charge on any atom is -0.505 e. The van der Waals surface area contributed by atoms with Crippen LogP contribution in [-0.2, 0) is 6.54 Å². The van der Waals surface area contributed by atoms with E-state index >= 15 is 0 Å². The van der Waals surface area contributed by atoms with Gasteiger partial charge in [-0.3, -0.25) is 0 Å². The number of phenols is 1. The summed E-state index contributed by atoms with van der Waals surface area (Å²) in [6.07, 6.45) is 0.495. The Morgan fingerprint density at radius 1 is 1.33 bits per heavy atom. The first kappa shape index (κ1) is 14.9. The molecule has 1 heterocycles. The highest BCUT2D eigenvalue weighted by Crippen LogP contribution is 2.16. The quantitative estimate of drug-likeness (QED) is 0.674. The van der Waals surface area contributed by atoms with E-state index in [-0.39, 0.29) is 13.1 Å².